The van der Waals surface area contributed by atoms with Crippen molar-refractivity contribution in [2.45, 2.75) is 27.7 Å². The van der Waals surface area contributed by atoms with Crippen molar-refractivity contribution >= 4 is 11.9 Å². The highest BCUT2D eigenvalue weighted by molar-refractivity contribution is 5.85. The van der Waals surface area contributed by atoms with Crippen LogP contribution in [0.4, 0.5) is 0 Å². The van der Waals surface area contributed by atoms with Crippen molar-refractivity contribution in [3.63, 3.8) is 0 Å². The third kappa shape index (κ3) is 31.4. The fourth-order valence-corrected chi connectivity index (χ4v) is 0. The molecular formula is C12H22O5. The second-order valence-corrected chi connectivity index (χ2v) is 3.75. The van der Waals surface area contributed by atoms with Crippen molar-refractivity contribution in [2.75, 3.05) is 6.61 Å². The average molecular weight is 246 g/mol. The first-order valence-corrected chi connectivity index (χ1v) is 4.94. The molecule has 0 amide bonds. The fraction of sp³-hybridized carbons (Fsp3) is 0.500. The molecule has 0 rings (SSSR count). The molecule has 0 radical (unpaired) electrons. The molecule has 0 unspecified atom stereocenters. The van der Waals surface area contributed by atoms with Crippen LogP contribution in [0.5, 0.6) is 0 Å². The van der Waals surface area contributed by atoms with Crippen molar-refractivity contribution in [1.82, 2.24) is 0 Å². The van der Waals surface area contributed by atoms with Crippen LogP contribution < -0.4 is 0 Å². The van der Waals surface area contributed by atoms with E-state index in [1.807, 2.05) is 13.8 Å². The van der Waals surface area contributed by atoms with Crippen molar-refractivity contribution in [3.05, 3.63) is 24.3 Å². The SMILES string of the molecule is C=C(C)C(=O)O.C=C(C)C(=O)O.CC(C)CO. The summed E-state index contributed by atoms with van der Waals surface area (Å²) in [4.78, 5) is 19.2. The molecule has 0 spiro atoms. The Labute approximate surface area is 102 Å². The number of aliphatic hydroxyl groups excluding tert-OH is 1. The van der Waals surface area contributed by atoms with Gasteiger partial charge in [0, 0.05) is 17.8 Å². The summed E-state index contributed by atoms with van der Waals surface area (Å²) in [6, 6.07) is 0. The first kappa shape index (κ1) is 20.8. The maximum Gasteiger partial charge on any atom is 0.330 e. The molecule has 0 saturated carbocycles. The van der Waals surface area contributed by atoms with Gasteiger partial charge in [-0.15, -0.1) is 0 Å². The molecule has 0 aliphatic rings. The molecule has 0 aromatic rings. The summed E-state index contributed by atoms with van der Waals surface area (Å²) >= 11 is 0. The zero-order valence-corrected chi connectivity index (χ0v) is 10.9. The topological polar surface area (TPSA) is 94.8 Å². The van der Waals surface area contributed by atoms with E-state index in [2.05, 4.69) is 13.2 Å². The van der Waals surface area contributed by atoms with Gasteiger partial charge in [-0.2, -0.15) is 0 Å². The minimum absolute atomic E-state index is 0.176. The summed E-state index contributed by atoms with van der Waals surface area (Å²) in [6.45, 7) is 13.5. The van der Waals surface area contributed by atoms with Crippen molar-refractivity contribution in [2.24, 2.45) is 5.92 Å². The lowest BCUT2D eigenvalue weighted by atomic mass is 10.2. The molecule has 0 atom stereocenters. The Bertz CT molecular complexity index is 218. The minimum atomic E-state index is -0.935. The molecule has 0 aromatic carbocycles. The van der Waals surface area contributed by atoms with E-state index in [9.17, 15) is 9.59 Å². The van der Waals surface area contributed by atoms with Gasteiger partial charge >= 0.3 is 11.9 Å². The highest BCUT2D eigenvalue weighted by atomic mass is 16.4. The maximum atomic E-state index is 9.60. The van der Waals surface area contributed by atoms with E-state index < -0.39 is 11.9 Å². The highest BCUT2D eigenvalue weighted by Crippen LogP contribution is 1.83. The summed E-state index contributed by atoms with van der Waals surface area (Å²) in [5.74, 6) is -1.43. The molecule has 0 saturated heterocycles. The fourth-order valence-electron chi connectivity index (χ4n) is 0. The molecule has 5 nitrogen and oxygen atoms in total. The lowest BCUT2D eigenvalue weighted by molar-refractivity contribution is -0.133. The predicted molar refractivity (Wildman–Crippen MR) is 66.8 cm³/mol. The quantitative estimate of drug-likeness (QED) is 0.661. The Morgan fingerprint density at radius 2 is 1.12 bits per heavy atom. The second-order valence-electron chi connectivity index (χ2n) is 3.75. The molecular weight excluding hydrogens is 224 g/mol. The molecule has 100 valence electrons. The van der Waals surface area contributed by atoms with Gasteiger partial charge in [-0.25, -0.2) is 9.59 Å². The highest BCUT2D eigenvalue weighted by Gasteiger charge is 1.90. The third-order valence-electron chi connectivity index (χ3n) is 1.10. The van der Waals surface area contributed by atoms with E-state index in [4.69, 9.17) is 15.3 Å². The third-order valence-corrected chi connectivity index (χ3v) is 1.10. The first-order chi connectivity index (χ1) is 7.56. The van der Waals surface area contributed by atoms with Crippen LogP contribution >= 0.6 is 0 Å². The second kappa shape index (κ2) is 12.4. The van der Waals surface area contributed by atoms with Crippen LogP contribution in [-0.4, -0.2) is 33.9 Å². The van der Waals surface area contributed by atoms with Gasteiger partial charge in [0.15, 0.2) is 0 Å². The van der Waals surface area contributed by atoms with Crippen LogP contribution in [0.3, 0.4) is 0 Å². The van der Waals surface area contributed by atoms with E-state index >= 15 is 0 Å². The molecule has 0 heterocycles. The van der Waals surface area contributed by atoms with Gasteiger partial charge in [0.1, 0.15) is 0 Å². The summed E-state index contributed by atoms with van der Waals surface area (Å²) in [7, 11) is 0. The standard InChI is InChI=1S/2C4H6O2.C4H10O/c2*1-3(2)4(5)6;1-4(2)3-5/h2*1H2,2H3,(H,5,6);4-5H,3H2,1-2H3. The average Bonchev–Trinajstić information content (AvgIpc) is 2.19. The lowest BCUT2D eigenvalue weighted by Crippen LogP contribution is -1.92. The summed E-state index contributed by atoms with van der Waals surface area (Å²) in [6.07, 6.45) is 0. The molecule has 0 aliphatic heterocycles. The largest absolute Gasteiger partial charge is 0.478 e. The number of aliphatic carboxylic acids is 2. The van der Waals surface area contributed by atoms with Crippen molar-refractivity contribution in [1.29, 1.82) is 0 Å². The molecule has 0 aliphatic carbocycles. The minimum Gasteiger partial charge on any atom is -0.478 e. The number of carboxylic acids is 2. The Kier molecular flexibility index (Phi) is 15.2. The smallest absolute Gasteiger partial charge is 0.330 e. The summed E-state index contributed by atoms with van der Waals surface area (Å²) in [5, 5.41) is 23.9. The molecule has 0 bridgehead atoms. The van der Waals surface area contributed by atoms with E-state index in [0.29, 0.717) is 12.5 Å². The van der Waals surface area contributed by atoms with Gasteiger partial charge in [0.05, 0.1) is 0 Å². The Hall–Kier alpha value is -1.62. The van der Waals surface area contributed by atoms with Gasteiger partial charge < -0.3 is 15.3 Å². The van der Waals surface area contributed by atoms with Gasteiger partial charge in [-0.1, -0.05) is 27.0 Å². The normalized spacial score (nSPS) is 8.12. The first-order valence-electron chi connectivity index (χ1n) is 4.94. The maximum absolute atomic E-state index is 9.60. The lowest BCUT2D eigenvalue weighted by Gasteiger charge is -1.90. The molecule has 0 aromatic heterocycles. The molecule has 5 heteroatoms. The summed E-state index contributed by atoms with van der Waals surface area (Å²) < 4.78 is 0. The van der Waals surface area contributed by atoms with Gasteiger partial charge in [-0.05, 0) is 19.8 Å². The number of hydrogen-bond acceptors (Lipinski definition) is 3. The monoisotopic (exact) mass is 246 g/mol. The van der Waals surface area contributed by atoms with Gasteiger partial charge in [0.2, 0.25) is 0 Å². The Balaban J connectivity index is -0.000000174. The van der Waals surface area contributed by atoms with Gasteiger partial charge in [0.25, 0.3) is 0 Å². The Morgan fingerprint density at radius 3 is 1.12 bits per heavy atom. The van der Waals surface area contributed by atoms with E-state index in [1.165, 1.54) is 13.8 Å². The van der Waals surface area contributed by atoms with Crippen LogP contribution in [0.2, 0.25) is 0 Å². The number of hydrogen-bond donors (Lipinski definition) is 3. The van der Waals surface area contributed by atoms with Crippen LogP contribution in [0.1, 0.15) is 27.7 Å². The van der Waals surface area contributed by atoms with Crippen molar-refractivity contribution in [3.8, 4) is 0 Å². The number of carboxylic acid groups (broad SMARTS) is 2. The van der Waals surface area contributed by atoms with Crippen LogP contribution in [-0.2, 0) is 9.59 Å². The van der Waals surface area contributed by atoms with Gasteiger partial charge in [-0.3, -0.25) is 0 Å². The van der Waals surface area contributed by atoms with E-state index in [1.54, 1.807) is 0 Å². The van der Waals surface area contributed by atoms with Crippen LogP contribution in [0.25, 0.3) is 0 Å². The van der Waals surface area contributed by atoms with Crippen LogP contribution in [0, 0.1) is 5.92 Å². The zero-order chi connectivity index (χ0) is 14.6. The number of rotatable bonds is 3. The molecule has 3 N–H and O–H groups in total. The number of aliphatic hydroxyl groups is 1. The number of carbonyl (C=O) groups is 2. The van der Waals surface area contributed by atoms with Crippen LogP contribution in [0.15, 0.2) is 24.3 Å². The molecule has 0 fully saturated rings. The Morgan fingerprint density at radius 1 is 1.00 bits per heavy atom. The predicted octanol–water partition coefficient (Wildman–Crippen LogP) is 1.93. The van der Waals surface area contributed by atoms with E-state index in [-0.39, 0.29) is 11.1 Å². The summed E-state index contributed by atoms with van der Waals surface area (Å²) in [5.41, 5.74) is 0.352. The van der Waals surface area contributed by atoms with Crippen molar-refractivity contribution < 1.29 is 24.9 Å². The zero-order valence-electron chi connectivity index (χ0n) is 10.9. The van der Waals surface area contributed by atoms with E-state index in [0.717, 1.165) is 0 Å². The molecule has 17 heavy (non-hydrogen) atoms.